The summed E-state index contributed by atoms with van der Waals surface area (Å²) in [7, 11) is 4.75. The molecule has 4 aromatic rings. The van der Waals surface area contributed by atoms with Crippen molar-refractivity contribution in [1.29, 1.82) is 0 Å². The van der Waals surface area contributed by atoms with Crippen molar-refractivity contribution < 1.29 is 9.53 Å². The van der Waals surface area contributed by atoms with Gasteiger partial charge in [-0.15, -0.1) is 0 Å². The van der Waals surface area contributed by atoms with Crippen LogP contribution in [0.3, 0.4) is 0 Å². The van der Waals surface area contributed by atoms with Gasteiger partial charge < -0.3 is 9.64 Å². The van der Waals surface area contributed by atoms with Gasteiger partial charge in [0.2, 0.25) is 11.1 Å². The first kappa shape index (κ1) is 20.1. The summed E-state index contributed by atoms with van der Waals surface area (Å²) in [5.74, 6) is 0.369. The van der Waals surface area contributed by atoms with Gasteiger partial charge in [-0.05, 0) is 30.7 Å². The Bertz CT molecular complexity index is 1390. The third-order valence-corrected chi connectivity index (χ3v) is 5.18. The molecule has 0 radical (unpaired) electrons. The lowest BCUT2D eigenvalue weighted by molar-refractivity contribution is 0.0822. The van der Waals surface area contributed by atoms with Crippen LogP contribution in [0.4, 0.5) is 0 Å². The lowest BCUT2D eigenvalue weighted by Crippen LogP contribution is -2.24. The maximum Gasteiger partial charge on any atom is 0.273 e. The van der Waals surface area contributed by atoms with Gasteiger partial charge in [0.25, 0.3) is 11.5 Å². The number of methoxy groups -OCH3 is 1. The zero-order valence-electron chi connectivity index (χ0n) is 16.5. The number of fused-ring (bicyclic) bond motifs is 3. The van der Waals surface area contributed by atoms with Crippen LogP contribution in [-0.4, -0.2) is 55.9 Å². The summed E-state index contributed by atoms with van der Waals surface area (Å²) in [6.45, 7) is 1.78. The Hall–Kier alpha value is -3.17. The number of amides is 1. The minimum atomic E-state index is -0.457. The minimum absolute atomic E-state index is 0.0364. The second-order valence-corrected chi connectivity index (χ2v) is 7.48. The normalized spacial score (nSPS) is 11.3. The number of carbonyl (C=O) groups is 1. The van der Waals surface area contributed by atoms with Crippen molar-refractivity contribution in [2.45, 2.75) is 6.92 Å². The van der Waals surface area contributed by atoms with E-state index in [2.05, 4.69) is 15.0 Å². The van der Waals surface area contributed by atoms with Crippen molar-refractivity contribution in [3.63, 3.8) is 0 Å². The fourth-order valence-electron chi connectivity index (χ4n) is 3.26. The summed E-state index contributed by atoms with van der Waals surface area (Å²) >= 11 is 12.4. The molecule has 154 valence electrons. The molecule has 0 saturated carbocycles. The van der Waals surface area contributed by atoms with Gasteiger partial charge in [-0.25, -0.2) is 14.5 Å². The van der Waals surface area contributed by atoms with E-state index in [1.54, 1.807) is 33.2 Å². The average Bonchev–Trinajstić information content (AvgIpc) is 3.14. The zero-order chi connectivity index (χ0) is 21.7. The molecule has 3 aromatic heterocycles. The van der Waals surface area contributed by atoms with E-state index >= 15 is 0 Å². The van der Waals surface area contributed by atoms with Crippen LogP contribution in [0.25, 0.3) is 22.5 Å². The molecule has 0 fully saturated rings. The largest absolute Gasteiger partial charge is 0.496 e. The highest BCUT2D eigenvalue weighted by atomic mass is 35.5. The number of carbonyl (C=O) groups excluding carboxylic acids is 1. The van der Waals surface area contributed by atoms with Crippen LogP contribution in [0, 0.1) is 6.92 Å². The van der Waals surface area contributed by atoms with Crippen molar-refractivity contribution in [2.24, 2.45) is 0 Å². The zero-order valence-corrected chi connectivity index (χ0v) is 18.0. The van der Waals surface area contributed by atoms with Gasteiger partial charge in [-0.2, -0.15) is 4.98 Å². The molecule has 0 aliphatic rings. The summed E-state index contributed by atoms with van der Waals surface area (Å²) in [4.78, 5) is 39.9. The summed E-state index contributed by atoms with van der Waals surface area (Å²) in [5, 5.41) is 0.465. The van der Waals surface area contributed by atoms with Gasteiger partial charge in [-0.1, -0.05) is 11.6 Å². The van der Waals surface area contributed by atoms with Crippen LogP contribution < -0.4 is 10.3 Å². The lowest BCUT2D eigenvalue weighted by Gasteiger charge is -2.16. The number of halogens is 2. The van der Waals surface area contributed by atoms with E-state index in [0.717, 1.165) is 0 Å². The maximum absolute atomic E-state index is 13.5. The average molecular weight is 447 g/mol. The summed E-state index contributed by atoms with van der Waals surface area (Å²) < 4.78 is 8.24. The van der Waals surface area contributed by atoms with E-state index < -0.39 is 5.56 Å². The number of ether oxygens (including phenoxy) is 1. The van der Waals surface area contributed by atoms with Crippen LogP contribution in [0.1, 0.15) is 16.1 Å². The molecule has 1 amide bonds. The lowest BCUT2D eigenvalue weighted by atomic mass is 10.1. The third-order valence-electron chi connectivity index (χ3n) is 4.69. The molecule has 0 N–H and O–H groups in total. The molecule has 0 bridgehead atoms. The van der Waals surface area contributed by atoms with Crippen molar-refractivity contribution in [3.05, 3.63) is 56.4 Å². The van der Waals surface area contributed by atoms with Crippen LogP contribution in [0.15, 0.2) is 29.3 Å². The highest BCUT2D eigenvalue weighted by molar-refractivity contribution is 6.32. The van der Waals surface area contributed by atoms with E-state index in [9.17, 15) is 9.59 Å². The second kappa shape index (κ2) is 7.26. The van der Waals surface area contributed by atoms with E-state index in [0.29, 0.717) is 22.0 Å². The number of aromatic nitrogens is 5. The molecule has 9 nitrogen and oxygen atoms in total. The number of hydrogen-bond acceptors (Lipinski definition) is 6. The molecule has 3 heterocycles. The van der Waals surface area contributed by atoms with Gasteiger partial charge in [0, 0.05) is 32.1 Å². The predicted octanol–water partition coefficient (Wildman–Crippen LogP) is 2.75. The number of benzene rings is 1. The summed E-state index contributed by atoms with van der Waals surface area (Å²) in [6, 6.07) is 3.34. The summed E-state index contributed by atoms with van der Waals surface area (Å²) in [5.41, 5.74) is 0.922. The number of hydrogen-bond donors (Lipinski definition) is 0. The highest BCUT2D eigenvalue weighted by Gasteiger charge is 2.23. The van der Waals surface area contributed by atoms with Crippen LogP contribution >= 0.6 is 23.2 Å². The molecule has 0 saturated heterocycles. The molecule has 0 aliphatic carbocycles. The molecular weight excluding hydrogens is 431 g/mol. The Labute approximate surface area is 180 Å². The first-order chi connectivity index (χ1) is 14.2. The Balaban J connectivity index is 2.22. The van der Waals surface area contributed by atoms with Crippen molar-refractivity contribution in [2.75, 3.05) is 21.2 Å². The monoisotopic (exact) mass is 446 g/mol. The van der Waals surface area contributed by atoms with Gasteiger partial charge >= 0.3 is 0 Å². The second-order valence-electron chi connectivity index (χ2n) is 6.74. The molecule has 0 atom stereocenters. The molecular formula is C19H16Cl2N6O3. The molecule has 0 aliphatic heterocycles. The van der Waals surface area contributed by atoms with Crippen LogP contribution in [0.5, 0.6) is 5.75 Å². The van der Waals surface area contributed by atoms with Crippen LogP contribution in [0.2, 0.25) is 10.3 Å². The molecule has 0 unspecified atom stereocenters. The van der Waals surface area contributed by atoms with Gasteiger partial charge in [-0.3, -0.25) is 14.0 Å². The highest BCUT2D eigenvalue weighted by Crippen LogP contribution is 2.32. The van der Waals surface area contributed by atoms with Crippen molar-refractivity contribution >= 4 is 45.9 Å². The topological polar surface area (TPSA) is 94.6 Å². The molecule has 30 heavy (non-hydrogen) atoms. The third kappa shape index (κ3) is 2.98. The Morgan fingerprint density at radius 1 is 1.20 bits per heavy atom. The molecule has 1 aromatic carbocycles. The van der Waals surface area contributed by atoms with Gasteiger partial charge in [0.05, 0.1) is 17.8 Å². The van der Waals surface area contributed by atoms with E-state index in [4.69, 9.17) is 27.9 Å². The first-order valence-corrected chi connectivity index (χ1v) is 9.51. The fourth-order valence-corrected chi connectivity index (χ4v) is 3.68. The Morgan fingerprint density at radius 2 is 1.93 bits per heavy atom. The maximum atomic E-state index is 13.5. The van der Waals surface area contributed by atoms with Crippen molar-refractivity contribution in [1.82, 2.24) is 28.8 Å². The fraction of sp³-hybridized carbons (Fsp3) is 0.211. The Morgan fingerprint density at radius 3 is 2.60 bits per heavy atom. The minimum Gasteiger partial charge on any atom is -0.496 e. The number of rotatable bonds is 3. The first-order valence-electron chi connectivity index (χ1n) is 8.76. The van der Waals surface area contributed by atoms with Gasteiger partial charge in [0.1, 0.15) is 16.8 Å². The smallest absolute Gasteiger partial charge is 0.273 e. The molecule has 4 rings (SSSR count). The molecule has 0 spiro atoms. The summed E-state index contributed by atoms with van der Waals surface area (Å²) in [6.07, 6.45) is 2.84. The molecule has 11 heteroatoms. The van der Waals surface area contributed by atoms with E-state index in [-0.39, 0.29) is 33.7 Å². The Kier molecular flexibility index (Phi) is 4.87. The van der Waals surface area contributed by atoms with Gasteiger partial charge in [0.15, 0.2) is 5.65 Å². The SMILES string of the molecule is COc1ccc(Cl)c(-n2c(=O)c3cnc(Cl)nc3n3cc(C(=O)N(C)C)nc23)c1C. The predicted molar refractivity (Wildman–Crippen MR) is 113 cm³/mol. The van der Waals surface area contributed by atoms with E-state index in [1.165, 1.54) is 33.4 Å². The standard InChI is InChI=1S/C19H16Cl2N6O3/c1-9-13(30-4)6-5-11(20)14(9)27-16(28)10-7-22-18(21)24-15(10)26-8-12(23-19(26)27)17(29)25(2)3/h5-8H,1-4H3. The van der Waals surface area contributed by atoms with E-state index in [1.807, 2.05) is 0 Å². The quantitative estimate of drug-likeness (QED) is 0.449. The number of nitrogens with zero attached hydrogens (tertiary/aromatic N) is 6. The number of imidazole rings is 1. The van der Waals surface area contributed by atoms with Crippen LogP contribution in [-0.2, 0) is 0 Å². The van der Waals surface area contributed by atoms with Crippen molar-refractivity contribution in [3.8, 4) is 11.4 Å².